The van der Waals surface area contributed by atoms with Gasteiger partial charge in [0.1, 0.15) is 12.2 Å². The number of hydrazine groups is 1. The molecular weight excluding hydrogens is 543 g/mol. The van der Waals surface area contributed by atoms with E-state index in [4.69, 9.17) is 32.7 Å². The van der Waals surface area contributed by atoms with E-state index in [1.54, 1.807) is 48.5 Å². The molecule has 0 spiro atoms. The molecule has 0 aliphatic carbocycles. The Kier molecular flexibility index (Phi) is 7.46. The van der Waals surface area contributed by atoms with E-state index in [0.717, 1.165) is 5.56 Å². The predicted molar refractivity (Wildman–Crippen MR) is 136 cm³/mol. The number of ether oxygens (including phenoxy) is 2. The molecule has 1 fully saturated rings. The fourth-order valence-electron chi connectivity index (χ4n) is 3.30. The lowest BCUT2D eigenvalue weighted by atomic mass is 10.1. The van der Waals surface area contributed by atoms with Crippen molar-refractivity contribution in [2.24, 2.45) is 0 Å². The largest absolute Gasteiger partial charge is 0.490 e. The van der Waals surface area contributed by atoms with Gasteiger partial charge in [0.15, 0.2) is 11.5 Å². The molecule has 0 radical (unpaired) electrons. The second kappa shape index (κ2) is 10.5. The average molecular weight is 562 g/mol. The lowest BCUT2D eigenvalue weighted by Crippen LogP contribution is -2.35. The minimum Gasteiger partial charge on any atom is -0.490 e. The Bertz CT molecular complexity index is 1280. The van der Waals surface area contributed by atoms with E-state index in [1.807, 2.05) is 19.1 Å². The standard InChI is InChI=1S/C25H19BrCl2N2O4/c1-2-33-22-12-16(11-18-24(31)29-30(25(18)32)17-6-4-3-5-7-17)19(26)13-23(22)34-14-15-8-9-20(27)21(28)10-15/h3-13H,2,14H2,1H3,(H,29,31)/b18-11-. The van der Waals surface area contributed by atoms with Gasteiger partial charge in [-0.1, -0.05) is 63.4 Å². The molecule has 0 aromatic heterocycles. The number of hydrogen-bond donors (Lipinski definition) is 1. The van der Waals surface area contributed by atoms with E-state index >= 15 is 0 Å². The molecule has 174 valence electrons. The number of benzene rings is 3. The summed E-state index contributed by atoms with van der Waals surface area (Å²) in [7, 11) is 0. The van der Waals surface area contributed by atoms with Crippen molar-refractivity contribution < 1.29 is 19.1 Å². The Labute approximate surface area is 215 Å². The normalized spacial score (nSPS) is 14.5. The summed E-state index contributed by atoms with van der Waals surface area (Å²) in [5.41, 5.74) is 4.61. The molecule has 1 aliphatic heterocycles. The zero-order valence-electron chi connectivity index (χ0n) is 18.0. The zero-order chi connectivity index (χ0) is 24.2. The second-order valence-corrected chi connectivity index (χ2v) is 8.93. The highest BCUT2D eigenvalue weighted by atomic mass is 79.9. The maximum Gasteiger partial charge on any atom is 0.282 e. The van der Waals surface area contributed by atoms with Gasteiger partial charge in [0, 0.05) is 4.47 Å². The third-order valence-electron chi connectivity index (χ3n) is 4.95. The first-order chi connectivity index (χ1) is 16.4. The van der Waals surface area contributed by atoms with Crippen molar-refractivity contribution in [3.05, 3.63) is 91.9 Å². The van der Waals surface area contributed by atoms with Crippen LogP contribution in [0.15, 0.2) is 70.7 Å². The first-order valence-electron chi connectivity index (χ1n) is 10.3. The number of halogens is 3. The number of nitrogens with zero attached hydrogens (tertiary/aromatic N) is 1. The topological polar surface area (TPSA) is 67.9 Å². The molecule has 1 saturated heterocycles. The molecule has 9 heteroatoms. The molecule has 3 aromatic rings. The summed E-state index contributed by atoms with van der Waals surface area (Å²) in [6.07, 6.45) is 1.52. The molecule has 4 rings (SSSR count). The molecule has 1 N–H and O–H groups in total. The van der Waals surface area contributed by atoms with Crippen molar-refractivity contribution in [1.29, 1.82) is 0 Å². The van der Waals surface area contributed by atoms with Crippen LogP contribution in [0.3, 0.4) is 0 Å². The predicted octanol–water partition coefficient (Wildman–Crippen LogP) is 6.20. The van der Waals surface area contributed by atoms with Gasteiger partial charge >= 0.3 is 0 Å². The van der Waals surface area contributed by atoms with Crippen LogP contribution in [0.2, 0.25) is 10.0 Å². The maximum absolute atomic E-state index is 12.9. The lowest BCUT2D eigenvalue weighted by Gasteiger charge is -2.15. The Hall–Kier alpha value is -3.00. The third-order valence-corrected chi connectivity index (χ3v) is 6.37. The highest BCUT2D eigenvalue weighted by Crippen LogP contribution is 2.36. The van der Waals surface area contributed by atoms with Crippen LogP contribution in [-0.2, 0) is 16.2 Å². The van der Waals surface area contributed by atoms with E-state index in [2.05, 4.69) is 21.4 Å². The minimum absolute atomic E-state index is 0.0106. The molecule has 0 saturated carbocycles. The van der Waals surface area contributed by atoms with Gasteiger partial charge in [-0.05, 0) is 60.5 Å². The molecule has 34 heavy (non-hydrogen) atoms. The van der Waals surface area contributed by atoms with Crippen LogP contribution in [0.5, 0.6) is 11.5 Å². The number of hydrogen-bond acceptors (Lipinski definition) is 4. The number of anilines is 1. The molecule has 1 heterocycles. The van der Waals surface area contributed by atoms with Crippen molar-refractivity contribution >= 4 is 62.7 Å². The summed E-state index contributed by atoms with van der Waals surface area (Å²) in [4.78, 5) is 25.4. The van der Waals surface area contributed by atoms with Gasteiger partial charge in [-0.3, -0.25) is 15.0 Å². The van der Waals surface area contributed by atoms with Crippen molar-refractivity contribution in [3.8, 4) is 11.5 Å². The minimum atomic E-state index is -0.487. The second-order valence-electron chi connectivity index (χ2n) is 7.27. The van der Waals surface area contributed by atoms with Gasteiger partial charge in [0.25, 0.3) is 11.8 Å². The summed E-state index contributed by atoms with van der Waals surface area (Å²) in [5.74, 6) is 0.0399. The van der Waals surface area contributed by atoms with E-state index in [1.165, 1.54) is 11.1 Å². The Morgan fingerprint density at radius 1 is 0.971 bits per heavy atom. The molecule has 0 bridgehead atoms. The molecule has 2 amide bonds. The molecule has 1 aliphatic rings. The van der Waals surface area contributed by atoms with Crippen molar-refractivity contribution in [2.75, 3.05) is 11.6 Å². The van der Waals surface area contributed by atoms with E-state index in [0.29, 0.717) is 43.9 Å². The van der Waals surface area contributed by atoms with Crippen LogP contribution in [-0.4, -0.2) is 18.4 Å². The van der Waals surface area contributed by atoms with Gasteiger partial charge in [0.05, 0.1) is 22.3 Å². The van der Waals surface area contributed by atoms with Crippen LogP contribution in [0.4, 0.5) is 5.69 Å². The number of carbonyl (C=O) groups is 2. The fourth-order valence-corrected chi connectivity index (χ4v) is 4.06. The summed E-state index contributed by atoms with van der Waals surface area (Å²) in [6.45, 7) is 2.51. The van der Waals surface area contributed by atoms with Gasteiger partial charge in [-0.15, -0.1) is 0 Å². The SMILES string of the molecule is CCOc1cc(/C=C2/C(=O)NN(c3ccccc3)C2=O)c(Br)cc1OCc1ccc(Cl)c(Cl)c1. The highest BCUT2D eigenvalue weighted by molar-refractivity contribution is 9.10. The summed E-state index contributed by atoms with van der Waals surface area (Å²) in [5, 5.41) is 2.14. The first kappa shape index (κ1) is 24.1. The van der Waals surface area contributed by atoms with Crippen molar-refractivity contribution in [3.63, 3.8) is 0 Å². The quantitative estimate of drug-likeness (QED) is 0.276. The van der Waals surface area contributed by atoms with Crippen LogP contribution in [0.25, 0.3) is 6.08 Å². The number of amides is 2. The fraction of sp³-hybridized carbons (Fsp3) is 0.120. The number of rotatable bonds is 7. The lowest BCUT2D eigenvalue weighted by molar-refractivity contribution is -0.117. The summed E-state index contributed by atoms with van der Waals surface area (Å²) >= 11 is 15.6. The van der Waals surface area contributed by atoms with Gasteiger partial charge < -0.3 is 9.47 Å². The maximum atomic E-state index is 12.9. The van der Waals surface area contributed by atoms with Crippen LogP contribution in [0.1, 0.15) is 18.1 Å². The van der Waals surface area contributed by atoms with Gasteiger partial charge in [0.2, 0.25) is 0 Å². The Balaban J connectivity index is 1.60. The van der Waals surface area contributed by atoms with Crippen LogP contribution < -0.4 is 19.9 Å². The smallest absolute Gasteiger partial charge is 0.282 e. The Morgan fingerprint density at radius 3 is 2.41 bits per heavy atom. The number of carbonyl (C=O) groups excluding carboxylic acids is 2. The van der Waals surface area contributed by atoms with E-state index in [-0.39, 0.29) is 12.2 Å². The molecule has 6 nitrogen and oxygen atoms in total. The number of nitrogens with one attached hydrogen (secondary N) is 1. The molecule has 0 unspecified atom stereocenters. The number of para-hydroxylation sites is 1. The van der Waals surface area contributed by atoms with Gasteiger partial charge in [-0.2, -0.15) is 0 Å². The zero-order valence-corrected chi connectivity index (χ0v) is 21.1. The van der Waals surface area contributed by atoms with Crippen LogP contribution >= 0.6 is 39.1 Å². The molecule has 0 atom stereocenters. The van der Waals surface area contributed by atoms with Crippen LogP contribution in [0, 0.1) is 0 Å². The summed E-state index contributed by atoms with van der Waals surface area (Å²) in [6, 6.07) is 17.6. The summed E-state index contributed by atoms with van der Waals surface area (Å²) < 4.78 is 12.3. The van der Waals surface area contributed by atoms with Crippen molar-refractivity contribution in [2.45, 2.75) is 13.5 Å². The monoisotopic (exact) mass is 560 g/mol. The average Bonchev–Trinajstić information content (AvgIpc) is 3.11. The first-order valence-corrected chi connectivity index (χ1v) is 11.9. The third kappa shape index (κ3) is 5.22. The Morgan fingerprint density at radius 2 is 1.71 bits per heavy atom. The molecule has 3 aromatic carbocycles. The van der Waals surface area contributed by atoms with Gasteiger partial charge in [-0.25, -0.2) is 5.01 Å². The van der Waals surface area contributed by atoms with E-state index < -0.39 is 11.8 Å². The highest BCUT2D eigenvalue weighted by Gasteiger charge is 2.34. The van der Waals surface area contributed by atoms with E-state index in [9.17, 15) is 9.59 Å². The molecular formula is C25H19BrCl2N2O4. The van der Waals surface area contributed by atoms with Crippen molar-refractivity contribution in [1.82, 2.24) is 5.43 Å².